The molecule has 0 bridgehead atoms. The second-order valence-electron chi connectivity index (χ2n) is 6.50. The summed E-state index contributed by atoms with van der Waals surface area (Å²) in [6, 6.07) is 32.5. The van der Waals surface area contributed by atoms with E-state index in [-0.39, 0.29) is 7.92 Å². The summed E-state index contributed by atoms with van der Waals surface area (Å²) in [5, 5.41) is 2.92. The smallest absolute Gasteiger partial charge is 0.0195 e. The fourth-order valence-electron chi connectivity index (χ4n) is 3.09. The standard InChI is InChI=1S/C26H27P/c1-2-23(22-24-15-6-3-7-16-24)14-12-13-21-27(25-17-8-4-9-18-25)26-19-10-5-11-20-26/h3-12,14-20,22H,2,13,21H2,1H3/b14-12-,23-22+. The van der Waals surface area contributed by atoms with Crippen molar-refractivity contribution in [3.63, 3.8) is 0 Å². The summed E-state index contributed by atoms with van der Waals surface area (Å²) >= 11 is 0. The molecule has 0 saturated carbocycles. The Balaban J connectivity index is 1.68. The van der Waals surface area contributed by atoms with Gasteiger partial charge in [0, 0.05) is 0 Å². The fraction of sp³-hybridized carbons (Fsp3) is 0.154. The molecule has 0 unspecified atom stereocenters. The van der Waals surface area contributed by atoms with Crippen LogP contribution in [0.4, 0.5) is 0 Å². The summed E-state index contributed by atoms with van der Waals surface area (Å²) < 4.78 is 0. The van der Waals surface area contributed by atoms with Gasteiger partial charge in [-0.25, -0.2) is 0 Å². The van der Waals surface area contributed by atoms with Crippen LogP contribution in [0.1, 0.15) is 25.3 Å². The molecule has 0 amide bonds. The fourth-order valence-corrected chi connectivity index (χ4v) is 5.38. The largest absolute Gasteiger partial charge is 0.0839 e. The van der Waals surface area contributed by atoms with Crippen molar-refractivity contribution in [1.29, 1.82) is 0 Å². The highest BCUT2D eigenvalue weighted by Crippen LogP contribution is 2.34. The maximum atomic E-state index is 2.35. The molecule has 136 valence electrons. The summed E-state index contributed by atoms with van der Waals surface area (Å²) in [6.45, 7) is 2.22. The molecule has 0 N–H and O–H groups in total. The Morgan fingerprint density at radius 2 is 1.26 bits per heavy atom. The molecule has 3 aromatic carbocycles. The molecule has 0 aromatic heterocycles. The van der Waals surface area contributed by atoms with Crippen molar-refractivity contribution in [2.45, 2.75) is 19.8 Å². The molecule has 0 nitrogen and oxygen atoms in total. The molecule has 1 heteroatoms. The minimum Gasteiger partial charge on any atom is -0.0839 e. The molecule has 27 heavy (non-hydrogen) atoms. The SMILES string of the molecule is CCC(/C=C\CCP(c1ccccc1)c1ccccc1)=C\c1ccccc1. The highest BCUT2D eigenvalue weighted by atomic mass is 31.1. The topological polar surface area (TPSA) is 0 Å². The minimum absolute atomic E-state index is 0.305. The maximum Gasteiger partial charge on any atom is -0.0195 e. The molecule has 0 aliphatic rings. The molecule has 0 saturated heterocycles. The zero-order valence-electron chi connectivity index (χ0n) is 16.0. The van der Waals surface area contributed by atoms with E-state index in [1.807, 2.05) is 0 Å². The summed E-state index contributed by atoms with van der Waals surface area (Å²) in [7, 11) is -0.305. The van der Waals surface area contributed by atoms with Crippen molar-refractivity contribution in [2.24, 2.45) is 0 Å². The van der Waals surface area contributed by atoms with Crippen LogP contribution in [-0.2, 0) is 0 Å². The number of allylic oxidation sites excluding steroid dienone is 3. The predicted octanol–water partition coefficient (Wildman–Crippen LogP) is 6.56. The van der Waals surface area contributed by atoms with Crippen molar-refractivity contribution in [3.05, 3.63) is 114 Å². The van der Waals surface area contributed by atoms with Gasteiger partial charge in [-0.3, -0.25) is 0 Å². The lowest BCUT2D eigenvalue weighted by atomic mass is 10.1. The summed E-state index contributed by atoms with van der Waals surface area (Å²) in [5.74, 6) is 0. The first-order valence-electron chi connectivity index (χ1n) is 9.66. The molecule has 0 aliphatic heterocycles. The van der Waals surface area contributed by atoms with E-state index in [0.29, 0.717) is 0 Å². The minimum atomic E-state index is -0.305. The monoisotopic (exact) mass is 370 g/mol. The lowest BCUT2D eigenvalue weighted by molar-refractivity contribution is 1.14. The summed E-state index contributed by atoms with van der Waals surface area (Å²) in [4.78, 5) is 0. The van der Waals surface area contributed by atoms with Crippen LogP contribution in [0.5, 0.6) is 0 Å². The number of benzene rings is 3. The van der Waals surface area contributed by atoms with Crippen LogP contribution in [0.3, 0.4) is 0 Å². The Morgan fingerprint density at radius 1 is 0.741 bits per heavy atom. The molecular formula is C26H27P. The van der Waals surface area contributed by atoms with Gasteiger partial charge in [0.2, 0.25) is 0 Å². The second-order valence-corrected chi connectivity index (χ2v) is 8.83. The lowest BCUT2D eigenvalue weighted by Crippen LogP contribution is -2.13. The first-order valence-corrected chi connectivity index (χ1v) is 11.2. The first-order chi connectivity index (χ1) is 13.4. The van der Waals surface area contributed by atoms with Gasteiger partial charge >= 0.3 is 0 Å². The third-order valence-electron chi connectivity index (χ3n) is 4.55. The third-order valence-corrected chi connectivity index (χ3v) is 7.10. The molecule has 0 atom stereocenters. The van der Waals surface area contributed by atoms with Crippen LogP contribution in [0.25, 0.3) is 6.08 Å². The van der Waals surface area contributed by atoms with E-state index in [9.17, 15) is 0 Å². The quantitative estimate of drug-likeness (QED) is 0.311. The third kappa shape index (κ3) is 6.05. The van der Waals surface area contributed by atoms with Crippen molar-refractivity contribution < 1.29 is 0 Å². The molecule has 3 rings (SSSR count). The van der Waals surface area contributed by atoms with Gasteiger partial charge in [-0.15, -0.1) is 0 Å². The Bertz CT molecular complexity index is 809. The first kappa shape index (κ1) is 19.3. The van der Waals surface area contributed by atoms with E-state index in [4.69, 9.17) is 0 Å². The average molecular weight is 370 g/mol. The van der Waals surface area contributed by atoms with Gasteiger partial charge in [-0.2, -0.15) is 0 Å². The van der Waals surface area contributed by atoms with Crippen molar-refractivity contribution >= 4 is 24.6 Å². The van der Waals surface area contributed by atoms with Crippen LogP contribution in [0.2, 0.25) is 0 Å². The maximum absolute atomic E-state index is 2.35. The molecule has 0 spiro atoms. The molecule has 0 radical (unpaired) electrons. The van der Waals surface area contributed by atoms with E-state index < -0.39 is 0 Å². The Labute approximate surface area is 165 Å². The van der Waals surface area contributed by atoms with Crippen LogP contribution in [-0.4, -0.2) is 6.16 Å². The highest BCUT2D eigenvalue weighted by Gasteiger charge is 2.11. The van der Waals surface area contributed by atoms with Crippen LogP contribution in [0.15, 0.2) is 109 Å². The Hall–Kier alpha value is -2.43. The second kappa shape index (κ2) is 10.7. The van der Waals surface area contributed by atoms with Gasteiger partial charge in [-0.1, -0.05) is 116 Å². The van der Waals surface area contributed by atoms with Gasteiger partial charge < -0.3 is 0 Å². The summed E-state index contributed by atoms with van der Waals surface area (Å²) in [6.07, 6.45) is 10.3. The van der Waals surface area contributed by atoms with Crippen LogP contribution >= 0.6 is 7.92 Å². The average Bonchev–Trinajstić information content (AvgIpc) is 2.75. The Kier molecular flexibility index (Phi) is 7.63. The van der Waals surface area contributed by atoms with Crippen molar-refractivity contribution in [1.82, 2.24) is 0 Å². The normalized spacial score (nSPS) is 12.0. The van der Waals surface area contributed by atoms with Gasteiger partial charge in [0.25, 0.3) is 0 Å². The molecular weight excluding hydrogens is 343 g/mol. The molecule has 0 fully saturated rings. The number of hydrogen-bond donors (Lipinski definition) is 0. The Morgan fingerprint density at radius 3 is 1.78 bits per heavy atom. The van der Waals surface area contributed by atoms with Gasteiger partial charge in [0.1, 0.15) is 0 Å². The van der Waals surface area contributed by atoms with Crippen molar-refractivity contribution in [2.75, 3.05) is 6.16 Å². The molecule has 0 heterocycles. The van der Waals surface area contributed by atoms with Gasteiger partial charge in [-0.05, 0) is 48.7 Å². The van der Waals surface area contributed by atoms with Crippen LogP contribution < -0.4 is 10.6 Å². The van der Waals surface area contributed by atoms with Crippen molar-refractivity contribution in [3.8, 4) is 0 Å². The zero-order chi connectivity index (χ0) is 18.7. The van der Waals surface area contributed by atoms with Crippen LogP contribution in [0, 0.1) is 0 Å². The summed E-state index contributed by atoms with van der Waals surface area (Å²) in [5.41, 5.74) is 2.65. The highest BCUT2D eigenvalue weighted by molar-refractivity contribution is 7.73. The van der Waals surface area contributed by atoms with E-state index in [0.717, 1.165) is 12.8 Å². The van der Waals surface area contributed by atoms with E-state index in [1.165, 1.54) is 27.9 Å². The van der Waals surface area contributed by atoms with Gasteiger partial charge in [0.05, 0.1) is 0 Å². The number of rotatable bonds is 8. The van der Waals surface area contributed by atoms with E-state index >= 15 is 0 Å². The predicted molar refractivity (Wildman–Crippen MR) is 122 cm³/mol. The van der Waals surface area contributed by atoms with Gasteiger partial charge in [0.15, 0.2) is 0 Å². The van der Waals surface area contributed by atoms with E-state index in [2.05, 4.69) is 116 Å². The molecule has 3 aromatic rings. The number of hydrogen-bond acceptors (Lipinski definition) is 0. The zero-order valence-corrected chi connectivity index (χ0v) is 16.9. The lowest BCUT2D eigenvalue weighted by Gasteiger charge is -2.17. The van der Waals surface area contributed by atoms with E-state index in [1.54, 1.807) is 0 Å². The molecule has 0 aliphatic carbocycles.